The Morgan fingerprint density at radius 3 is 2.52 bits per heavy atom. The topological polar surface area (TPSA) is 98.8 Å². The van der Waals surface area contributed by atoms with Crippen LogP contribution in [-0.2, 0) is 19.2 Å². The molecule has 1 atom stereocenters. The Balaban J connectivity index is 1.57. The summed E-state index contributed by atoms with van der Waals surface area (Å²) in [6.07, 6.45) is 1.91. The molecule has 1 aromatic carbocycles. The first kappa shape index (κ1) is 16.9. The lowest BCUT2D eigenvalue weighted by atomic mass is 10.1. The van der Waals surface area contributed by atoms with Gasteiger partial charge < -0.3 is 20.4 Å². The Hall–Kier alpha value is -2.90. The summed E-state index contributed by atoms with van der Waals surface area (Å²) < 4.78 is 0. The van der Waals surface area contributed by atoms with Crippen molar-refractivity contribution < 1.29 is 19.2 Å². The van der Waals surface area contributed by atoms with Crippen LogP contribution < -0.4 is 15.5 Å². The van der Waals surface area contributed by atoms with Crippen molar-refractivity contribution >= 4 is 29.3 Å². The maximum absolute atomic E-state index is 12.3. The van der Waals surface area contributed by atoms with E-state index in [0.29, 0.717) is 24.3 Å². The van der Waals surface area contributed by atoms with Crippen LogP contribution in [0.3, 0.4) is 0 Å². The van der Waals surface area contributed by atoms with E-state index in [9.17, 15) is 19.2 Å². The van der Waals surface area contributed by atoms with Crippen LogP contribution in [0.2, 0.25) is 0 Å². The number of nitrogens with zero attached hydrogens (tertiary/aromatic N) is 2. The molecule has 4 amide bonds. The standard InChI is InChI=1S/C17H20N4O4/c1-20-12-7-3-2-6-11(12)14(17(20)25)19-16(24)15(23)18-10-13(22)21-8-4-5-9-21/h2-3,6-7,14H,4-5,8-10H2,1H3,(H,18,23)(H,19,24). The van der Waals surface area contributed by atoms with Gasteiger partial charge in [0.15, 0.2) is 0 Å². The Bertz CT molecular complexity index is 727. The molecule has 0 spiro atoms. The third kappa shape index (κ3) is 3.33. The Morgan fingerprint density at radius 2 is 1.80 bits per heavy atom. The van der Waals surface area contributed by atoms with Gasteiger partial charge in [-0.05, 0) is 18.9 Å². The number of amides is 4. The lowest BCUT2D eigenvalue weighted by Crippen LogP contribution is -2.47. The van der Waals surface area contributed by atoms with Crippen molar-refractivity contribution in [3.8, 4) is 0 Å². The highest BCUT2D eigenvalue weighted by atomic mass is 16.2. The van der Waals surface area contributed by atoms with Crippen molar-refractivity contribution in [3.63, 3.8) is 0 Å². The Labute approximate surface area is 145 Å². The van der Waals surface area contributed by atoms with Gasteiger partial charge in [-0.25, -0.2) is 0 Å². The first-order valence-electron chi connectivity index (χ1n) is 8.22. The molecule has 1 aromatic rings. The molecule has 2 N–H and O–H groups in total. The van der Waals surface area contributed by atoms with E-state index in [1.807, 2.05) is 0 Å². The van der Waals surface area contributed by atoms with Crippen LogP contribution in [0.5, 0.6) is 0 Å². The molecule has 132 valence electrons. The molecule has 1 unspecified atom stereocenters. The molecule has 0 bridgehead atoms. The number of carbonyl (C=O) groups excluding carboxylic acids is 4. The predicted molar refractivity (Wildman–Crippen MR) is 89.6 cm³/mol. The van der Waals surface area contributed by atoms with Crippen molar-refractivity contribution in [2.75, 3.05) is 31.6 Å². The maximum Gasteiger partial charge on any atom is 0.310 e. The van der Waals surface area contributed by atoms with E-state index < -0.39 is 17.9 Å². The molecule has 1 saturated heterocycles. The number of likely N-dealkylation sites (N-methyl/N-ethyl adjacent to an activating group) is 1. The Kier molecular flexibility index (Phi) is 4.69. The Morgan fingerprint density at radius 1 is 1.12 bits per heavy atom. The molecule has 25 heavy (non-hydrogen) atoms. The van der Waals surface area contributed by atoms with Gasteiger partial charge in [0.05, 0.1) is 6.54 Å². The summed E-state index contributed by atoms with van der Waals surface area (Å²) in [6.45, 7) is 1.14. The fourth-order valence-corrected chi connectivity index (χ4v) is 3.13. The second-order valence-corrected chi connectivity index (χ2v) is 6.13. The van der Waals surface area contributed by atoms with Crippen molar-refractivity contribution in [1.82, 2.24) is 15.5 Å². The van der Waals surface area contributed by atoms with E-state index in [1.165, 1.54) is 4.90 Å². The number of para-hydroxylation sites is 1. The number of hydrogen-bond donors (Lipinski definition) is 2. The van der Waals surface area contributed by atoms with E-state index in [0.717, 1.165) is 12.8 Å². The zero-order valence-electron chi connectivity index (χ0n) is 13.9. The van der Waals surface area contributed by atoms with Crippen molar-refractivity contribution in [2.24, 2.45) is 0 Å². The van der Waals surface area contributed by atoms with Gasteiger partial charge in [-0.2, -0.15) is 0 Å². The number of likely N-dealkylation sites (tertiary alicyclic amines) is 1. The summed E-state index contributed by atoms with van der Waals surface area (Å²) in [5.41, 5.74) is 1.34. The van der Waals surface area contributed by atoms with Gasteiger partial charge in [0.25, 0.3) is 5.91 Å². The molecule has 0 aliphatic carbocycles. The van der Waals surface area contributed by atoms with Crippen LogP contribution in [0, 0.1) is 0 Å². The molecular formula is C17H20N4O4. The highest BCUT2D eigenvalue weighted by Crippen LogP contribution is 2.34. The maximum atomic E-state index is 12.3. The van der Waals surface area contributed by atoms with Crippen LogP contribution in [0.15, 0.2) is 24.3 Å². The largest absolute Gasteiger partial charge is 0.341 e. The highest BCUT2D eigenvalue weighted by molar-refractivity contribution is 6.36. The molecule has 8 nitrogen and oxygen atoms in total. The molecule has 0 aromatic heterocycles. The van der Waals surface area contributed by atoms with Gasteiger partial charge in [0.1, 0.15) is 6.04 Å². The number of nitrogens with one attached hydrogen (secondary N) is 2. The summed E-state index contributed by atoms with van der Waals surface area (Å²) in [6, 6.07) is 6.17. The predicted octanol–water partition coefficient (Wildman–Crippen LogP) is -0.441. The van der Waals surface area contributed by atoms with E-state index in [1.54, 1.807) is 36.2 Å². The quantitative estimate of drug-likeness (QED) is 0.726. The summed E-state index contributed by atoms with van der Waals surface area (Å²) >= 11 is 0. The molecule has 8 heteroatoms. The van der Waals surface area contributed by atoms with Crippen molar-refractivity contribution in [2.45, 2.75) is 18.9 Å². The summed E-state index contributed by atoms with van der Waals surface area (Å²) in [5, 5.41) is 4.76. The van der Waals surface area contributed by atoms with Gasteiger partial charge in [-0.3, -0.25) is 19.2 Å². The lowest BCUT2D eigenvalue weighted by molar-refractivity contribution is -0.141. The normalized spacial score (nSPS) is 18.9. The number of carbonyl (C=O) groups is 4. The number of anilines is 1. The summed E-state index contributed by atoms with van der Waals surface area (Å²) in [5.74, 6) is -2.37. The highest BCUT2D eigenvalue weighted by Gasteiger charge is 2.36. The van der Waals surface area contributed by atoms with Crippen LogP contribution in [0.25, 0.3) is 0 Å². The van der Waals surface area contributed by atoms with Gasteiger partial charge in [0, 0.05) is 31.4 Å². The second-order valence-electron chi connectivity index (χ2n) is 6.13. The van der Waals surface area contributed by atoms with Gasteiger partial charge in [-0.1, -0.05) is 18.2 Å². The number of hydrogen-bond acceptors (Lipinski definition) is 4. The third-order valence-corrected chi connectivity index (χ3v) is 4.53. The molecule has 3 rings (SSSR count). The van der Waals surface area contributed by atoms with Crippen molar-refractivity contribution in [3.05, 3.63) is 29.8 Å². The summed E-state index contributed by atoms with van der Waals surface area (Å²) in [4.78, 5) is 51.3. The molecular weight excluding hydrogens is 324 g/mol. The second kappa shape index (κ2) is 6.92. The van der Waals surface area contributed by atoms with Crippen LogP contribution in [0.4, 0.5) is 5.69 Å². The van der Waals surface area contributed by atoms with Gasteiger partial charge >= 0.3 is 11.8 Å². The van der Waals surface area contributed by atoms with E-state index in [4.69, 9.17) is 0 Å². The zero-order chi connectivity index (χ0) is 18.0. The van der Waals surface area contributed by atoms with Crippen LogP contribution in [-0.4, -0.2) is 55.2 Å². The average Bonchev–Trinajstić information content (AvgIpc) is 3.23. The van der Waals surface area contributed by atoms with Crippen molar-refractivity contribution in [1.29, 1.82) is 0 Å². The first-order chi connectivity index (χ1) is 12.0. The summed E-state index contributed by atoms with van der Waals surface area (Å²) in [7, 11) is 1.61. The number of fused-ring (bicyclic) bond motifs is 1. The van der Waals surface area contributed by atoms with E-state index in [-0.39, 0.29) is 18.4 Å². The van der Waals surface area contributed by atoms with E-state index in [2.05, 4.69) is 10.6 Å². The van der Waals surface area contributed by atoms with Gasteiger partial charge in [0.2, 0.25) is 5.91 Å². The minimum Gasteiger partial charge on any atom is -0.341 e. The minimum absolute atomic E-state index is 0.208. The average molecular weight is 344 g/mol. The number of rotatable bonds is 3. The fourth-order valence-electron chi connectivity index (χ4n) is 3.13. The van der Waals surface area contributed by atoms with E-state index >= 15 is 0 Å². The number of benzene rings is 1. The fraction of sp³-hybridized carbons (Fsp3) is 0.412. The SMILES string of the molecule is CN1C(=O)C(NC(=O)C(=O)NCC(=O)N2CCCC2)c2ccccc21. The first-order valence-corrected chi connectivity index (χ1v) is 8.22. The monoisotopic (exact) mass is 344 g/mol. The molecule has 2 aliphatic heterocycles. The minimum atomic E-state index is -0.933. The third-order valence-electron chi connectivity index (χ3n) is 4.53. The molecule has 0 radical (unpaired) electrons. The van der Waals surface area contributed by atoms with Crippen LogP contribution in [0.1, 0.15) is 24.4 Å². The van der Waals surface area contributed by atoms with Crippen LogP contribution >= 0.6 is 0 Å². The zero-order valence-corrected chi connectivity index (χ0v) is 13.9. The molecule has 1 fully saturated rings. The molecule has 2 heterocycles. The smallest absolute Gasteiger partial charge is 0.310 e. The lowest BCUT2D eigenvalue weighted by Gasteiger charge is -2.16. The molecule has 2 aliphatic rings. The molecule has 0 saturated carbocycles. The van der Waals surface area contributed by atoms with Gasteiger partial charge in [-0.15, -0.1) is 0 Å².